The van der Waals surface area contributed by atoms with Crippen LogP contribution in [0.3, 0.4) is 0 Å². The Hall–Kier alpha value is -2.34. The van der Waals surface area contributed by atoms with Gasteiger partial charge in [0.05, 0.1) is 25.9 Å². The lowest BCUT2D eigenvalue weighted by atomic mass is 10.0. The molecule has 0 unspecified atom stereocenters. The van der Waals surface area contributed by atoms with Gasteiger partial charge in [0.1, 0.15) is 5.58 Å². The van der Waals surface area contributed by atoms with Crippen LogP contribution in [0.4, 0.5) is 0 Å². The average molecular weight is 331 g/mol. The minimum Gasteiger partial charge on any atom is -0.464 e. The molecule has 6 nitrogen and oxygen atoms in total. The lowest BCUT2D eigenvalue weighted by Gasteiger charge is -2.26. The van der Waals surface area contributed by atoms with Crippen molar-refractivity contribution < 1.29 is 23.5 Å². The van der Waals surface area contributed by atoms with E-state index in [4.69, 9.17) is 13.9 Å². The minimum atomic E-state index is -0.433. The number of benzene rings is 1. The van der Waals surface area contributed by atoms with Crippen molar-refractivity contribution >= 4 is 22.8 Å². The molecular weight excluding hydrogens is 310 g/mol. The third kappa shape index (κ3) is 3.59. The first-order chi connectivity index (χ1) is 11.5. The van der Waals surface area contributed by atoms with E-state index < -0.39 is 5.97 Å². The minimum absolute atomic E-state index is 0.0892. The molecular formula is C18H21NO5. The molecule has 0 radical (unpaired) electrons. The molecule has 2 aromatic rings. The highest BCUT2D eigenvalue weighted by Gasteiger charge is 2.19. The van der Waals surface area contributed by atoms with Gasteiger partial charge in [0, 0.05) is 24.0 Å². The number of carbonyl (C=O) groups is 2. The number of esters is 1. The summed E-state index contributed by atoms with van der Waals surface area (Å²) in [6, 6.07) is 3.97. The molecule has 1 amide bonds. The predicted molar refractivity (Wildman–Crippen MR) is 87.8 cm³/mol. The van der Waals surface area contributed by atoms with Gasteiger partial charge >= 0.3 is 5.97 Å². The van der Waals surface area contributed by atoms with Crippen LogP contribution < -0.4 is 0 Å². The molecule has 0 spiro atoms. The van der Waals surface area contributed by atoms with Crippen molar-refractivity contribution in [1.82, 2.24) is 4.90 Å². The van der Waals surface area contributed by atoms with Crippen LogP contribution >= 0.6 is 0 Å². The van der Waals surface area contributed by atoms with Gasteiger partial charge in [0.15, 0.2) is 6.61 Å². The van der Waals surface area contributed by atoms with Crippen molar-refractivity contribution in [3.8, 4) is 0 Å². The van der Waals surface area contributed by atoms with Gasteiger partial charge in [0.25, 0.3) is 5.91 Å². The standard InChI is InChI=1S/C18H21NO5/c1-12-7-15-14(10-23-16(15)8-13(12)2)9-18(21)24-11-17(20)19-3-5-22-6-4-19/h7-8,10H,3-6,9,11H2,1-2H3. The number of hydrogen-bond donors (Lipinski definition) is 0. The summed E-state index contributed by atoms with van der Waals surface area (Å²) < 4.78 is 15.8. The normalized spacial score (nSPS) is 14.8. The lowest BCUT2D eigenvalue weighted by molar-refractivity contribution is -0.153. The van der Waals surface area contributed by atoms with Gasteiger partial charge in [-0.15, -0.1) is 0 Å². The molecule has 0 bridgehead atoms. The molecule has 0 N–H and O–H groups in total. The second-order valence-corrected chi connectivity index (χ2v) is 6.02. The fourth-order valence-corrected chi connectivity index (χ4v) is 2.73. The van der Waals surface area contributed by atoms with Crippen LogP contribution in [0, 0.1) is 13.8 Å². The van der Waals surface area contributed by atoms with Gasteiger partial charge in [0.2, 0.25) is 0 Å². The SMILES string of the molecule is Cc1cc2occ(CC(=O)OCC(=O)N3CCOCC3)c2cc1C. The van der Waals surface area contributed by atoms with Crippen LogP contribution in [0.15, 0.2) is 22.8 Å². The number of amides is 1. The van der Waals surface area contributed by atoms with Crippen LogP contribution in [-0.4, -0.2) is 49.7 Å². The summed E-state index contributed by atoms with van der Waals surface area (Å²) in [7, 11) is 0. The van der Waals surface area contributed by atoms with Crippen molar-refractivity contribution in [2.24, 2.45) is 0 Å². The molecule has 1 aromatic carbocycles. The smallest absolute Gasteiger partial charge is 0.310 e. The quantitative estimate of drug-likeness (QED) is 0.802. The van der Waals surface area contributed by atoms with E-state index in [2.05, 4.69) is 0 Å². The van der Waals surface area contributed by atoms with Gasteiger partial charge in [-0.2, -0.15) is 0 Å². The first-order valence-electron chi connectivity index (χ1n) is 8.03. The number of nitrogens with zero attached hydrogens (tertiary/aromatic N) is 1. The first kappa shape index (κ1) is 16.5. The number of hydrogen-bond acceptors (Lipinski definition) is 5. The number of morpholine rings is 1. The van der Waals surface area contributed by atoms with E-state index in [0.29, 0.717) is 26.3 Å². The Morgan fingerprint density at radius 2 is 1.88 bits per heavy atom. The van der Waals surface area contributed by atoms with E-state index in [0.717, 1.165) is 27.7 Å². The molecule has 0 saturated carbocycles. The summed E-state index contributed by atoms with van der Waals surface area (Å²) in [5.74, 6) is -0.618. The van der Waals surface area contributed by atoms with Crippen LogP contribution in [0.25, 0.3) is 11.0 Å². The molecule has 0 aliphatic carbocycles. The van der Waals surface area contributed by atoms with E-state index in [1.165, 1.54) is 0 Å². The fourth-order valence-electron chi connectivity index (χ4n) is 2.73. The van der Waals surface area contributed by atoms with Gasteiger partial charge in [-0.05, 0) is 37.1 Å². The van der Waals surface area contributed by atoms with E-state index >= 15 is 0 Å². The van der Waals surface area contributed by atoms with Crippen molar-refractivity contribution in [1.29, 1.82) is 0 Å². The van der Waals surface area contributed by atoms with Crippen molar-refractivity contribution in [3.05, 3.63) is 35.1 Å². The summed E-state index contributed by atoms with van der Waals surface area (Å²) in [6.45, 7) is 5.95. The molecule has 1 aliphatic heterocycles. The Labute approximate surface area is 140 Å². The van der Waals surface area contributed by atoms with E-state index in [1.54, 1.807) is 11.2 Å². The monoisotopic (exact) mass is 331 g/mol. The Balaban J connectivity index is 1.59. The van der Waals surface area contributed by atoms with Gasteiger partial charge < -0.3 is 18.8 Å². The Morgan fingerprint density at radius 1 is 1.17 bits per heavy atom. The molecule has 1 saturated heterocycles. The van der Waals surface area contributed by atoms with Crippen LogP contribution in [0.1, 0.15) is 16.7 Å². The molecule has 1 aliphatic rings. The predicted octanol–water partition coefficient (Wildman–Crippen LogP) is 1.99. The molecule has 1 fully saturated rings. The molecule has 24 heavy (non-hydrogen) atoms. The van der Waals surface area contributed by atoms with E-state index in [-0.39, 0.29) is 18.9 Å². The molecule has 0 atom stereocenters. The lowest BCUT2D eigenvalue weighted by Crippen LogP contribution is -2.42. The van der Waals surface area contributed by atoms with Crippen LogP contribution in [-0.2, 0) is 25.5 Å². The van der Waals surface area contributed by atoms with Crippen molar-refractivity contribution in [2.75, 3.05) is 32.9 Å². The zero-order chi connectivity index (χ0) is 17.1. The van der Waals surface area contributed by atoms with E-state index in [9.17, 15) is 9.59 Å². The summed E-state index contributed by atoms with van der Waals surface area (Å²) in [4.78, 5) is 25.7. The van der Waals surface area contributed by atoms with Crippen LogP contribution in [0.2, 0.25) is 0 Å². The first-order valence-corrected chi connectivity index (χ1v) is 8.03. The topological polar surface area (TPSA) is 69.0 Å². The highest BCUT2D eigenvalue weighted by molar-refractivity contribution is 5.87. The second kappa shape index (κ2) is 7.05. The Bertz CT molecular complexity index is 758. The summed E-state index contributed by atoms with van der Waals surface area (Å²) >= 11 is 0. The molecule has 6 heteroatoms. The van der Waals surface area contributed by atoms with Gasteiger partial charge in [-0.25, -0.2) is 0 Å². The number of carbonyl (C=O) groups excluding carboxylic acids is 2. The molecule has 2 heterocycles. The van der Waals surface area contributed by atoms with Crippen molar-refractivity contribution in [2.45, 2.75) is 20.3 Å². The van der Waals surface area contributed by atoms with Gasteiger partial charge in [-0.1, -0.05) is 0 Å². The second-order valence-electron chi connectivity index (χ2n) is 6.02. The highest BCUT2D eigenvalue weighted by atomic mass is 16.5. The fraction of sp³-hybridized carbons (Fsp3) is 0.444. The number of ether oxygens (including phenoxy) is 2. The molecule has 1 aromatic heterocycles. The number of furan rings is 1. The average Bonchev–Trinajstić information content (AvgIpc) is 2.95. The Morgan fingerprint density at radius 3 is 2.62 bits per heavy atom. The largest absolute Gasteiger partial charge is 0.464 e. The van der Waals surface area contributed by atoms with E-state index in [1.807, 2.05) is 26.0 Å². The summed E-state index contributed by atoms with van der Waals surface area (Å²) in [5, 5.41) is 0.912. The zero-order valence-electron chi connectivity index (χ0n) is 14.0. The summed E-state index contributed by atoms with van der Waals surface area (Å²) in [5.41, 5.74) is 3.81. The maximum atomic E-state index is 12.0. The van der Waals surface area contributed by atoms with Crippen LogP contribution in [0.5, 0.6) is 0 Å². The third-order valence-electron chi connectivity index (χ3n) is 4.33. The number of fused-ring (bicyclic) bond motifs is 1. The molecule has 3 rings (SSSR count). The van der Waals surface area contributed by atoms with Crippen molar-refractivity contribution in [3.63, 3.8) is 0 Å². The third-order valence-corrected chi connectivity index (χ3v) is 4.33. The maximum Gasteiger partial charge on any atom is 0.310 e. The Kier molecular flexibility index (Phi) is 4.85. The summed E-state index contributed by atoms with van der Waals surface area (Å²) in [6.07, 6.45) is 1.67. The number of aryl methyl sites for hydroxylation is 2. The highest BCUT2D eigenvalue weighted by Crippen LogP contribution is 2.25. The van der Waals surface area contributed by atoms with Gasteiger partial charge in [-0.3, -0.25) is 9.59 Å². The number of rotatable bonds is 4. The zero-order valence-corrected chi connectivity index (χ0v) is 14.0. The molecule has 128 valence electrons. The maximum absolute atomic E-state index is 12.0.